The van der Waals surface area contributed by atoms with E-state index in [0.29, 0.717) is 37.4 Å². The molecule has 0 radical (unpaired) electrons. The number of methoxy groups -OCH3 is 1. The third kappa shape index (κ3) is 4.41. The second kappa shape index (κ2) is 8.33. The van der Waals surface area contributed by atoms with Crippen LogP contribution in [0.3, 0.4) is 0 Å². The van der Waals surface area contributed by atoms with Gasteiger partial charge in [0.25, 0.3) is 5.17 Å². The Bertz CT molecular complexity index is 826. The maximum atomic E-state index is 14.7. The summed E-state index contributed by atoms with van der Waals surface area (Å²) in [6.45, 7) is 1.21. The maximum absolute atomic E-state index is 14.7. The standard InChI is InChI=1S/C17H18F2N4O2S/c1-24-17(26)20-9-13-10-23(22-21-13)14-6-12(18)7-15(16(19)8-14)11-2-4-25-5-3-11/h2,6,8,10H,3-5,7,9H2,1H3,(H,20,26). The summed E-state index contributed by atoms with van der Waals surface area (Å²) in [7, 11) is 1.46. The highest BCUT2D eigenvalue weighted by Gasteiger charge is 2.19. The molecule has 0 spiro atoms. The van der Waals surface area contributed by atoms with Crippen LogP contribution in [0.2, 0.25) is 0 Å². The first-order valence-corrected chi connectivity index (χ1v) is 8.44. The van der Waals surface area contributed by atoms with Crippen molar-refractivity contribution in [2.24, 2.45) is 0 Å². The molecule has 0 saturated heterocycles. The zero-order valence-corrected chi connectivity index (χ0v) is 15.0. The van der Waals surface area contributed by atoms with Crippen molar-refractivity contribution in [3.63, 3.8) is 0 Å². The van der Waals surface area contributed by atoms with Crippen LogP contribution < -0.4 is 5.32 Å². The zero-order valence-electron chi connectivity index (χ0n) is 14.2. The highest BCUT2D eigenvalue weighted by molar-refractivity contribution is 7.80. The van der Waals surface area contributed by atoms with Crippen LogP contribution in [-0.4, -0.2) is 40.5 Å². The summed E-state index contributed by atoms with van der Waals surface area (Å²) in [5.41, 5.74) is 1.95. The lowest BCUT2D eigenvalue weighted by Crippen LogP contribution is -2.22. The Morgan fingerprint density at radius 2 is 2.27 bits per heavy atom. The number of hydrogen-bond acceptors (Lipinski definition) is 5. The molecule has 0 unspecified atom stereocenters. The van der Waals surface area contributed by atoms with Gasteiger partial charge < -0.3 is 14.8 Å². The SMILES string of the molecule is COC(=S)NCc1cn(C2=CC(F)=C(C3=CCOCC3)CC(F)=C2)nn1. The second-order valence-corrected chi connectivity index (χ2v) is 6.09. The predicted octanol–water partition coefficient (Wildman–Crippen LogP) is 2.97. The Morgan fingerprint density at radius 1 is 1.42 bits per heavy atom. The minimum atomic E-state index is -0.479. The number of thiocarbonyl (C=S) groups is 1. The molecule has 1 aromatic heterocycles. The summed E-state index contributed by atoms with van der Waals surface area (Å²) < 4.78 is 40.4. The van der Waals surface area contributed by atoms with E-state index in [1.807, 2.05) is 0 Å². The van der Waals surface area contributed by atoms with Crippen LogP contribution in [-0.2, 0) is 16.0 Å². The van der Waals surface area contributed by atoms with Gasteiger partial charge in [0, 0.05) is 6.42 Å². The van der Waals surface area contributed by atoms with Crippen molar-refractivity contribution in [1.82, 2.24) is 20.3 Å². The minimum Gasteiger partial charge on any atom is -0.474 e. The minimum absolute atomic E-state index is 0.0944. The first kappa shape index (κ1) is 18.4. The van der Waals surface area contributed by atoms with Crippen LogP contribution in [0.5, 0.6) is 0 Å². The number of aromatic nitrogens is 3. The molecule has 0 saturated carbocycles. The van der Waals surface area contributed by atoms with Crippen molar-refractivity contribution in [2.45, 2.75) is 19.4 Å². The van der Waals surface area contributed by atoms with Crippen LogP contribution in [0, 0.1) is 0 Å². The van der Waals surface area contributed by atoms with Crippen molar-refractivity contribution in [3.8, 4) is 0 Å². The van der Waals surface area contributed by atoms with Gasteiger partial charge in [-0.05, 0) is 41.9 Å². The van der Waals surface area contributed by atoms with E-state index in [2.05, 4.69) is 15.6 Å². The second-order valence-electron chi connectivity index (χ2n) is 5.72. The summed E-state index contributed by atoms with van der Waals surface area (Å²) in [5.74, 6) is -0.921. The largest absolute Gasteiger partial charge is 0.474 e. The fourth-order valence-corrected chi connectivity index (χ4v) is 2.74. The Hall–Kier alpha value is -2.39. The fraction of sp³-hybridized carbons (Fsp3) is 0.353. The summed E-state index contributed by atoms with van der Waals surface area (Å²) in [5, 5.41) is 10.9. The number of allylic oxidation sites excluding steroid dienone is 6. The molecule has 1 aliphatic heterocycles. The van der Waals surface area contributed by atoms with Gasteiger partial charge in [-0.3, -0.25) is 0 Å². The molecular weight excluding hydrogens is 362 g/mol. The van der Waals surface area contributed by atoms with Gasteiger partial charge in [0.2, 0.25) is 0 Å². The maximum Gasteiger partial charge on any atom is 0.256 e. The average molecular weight is 380 g/mol. The molecule has 6 nitrogen and oxygen atoms in total. The molecule has 0 atom stereocenters. The van der Waals surface area contributed by atoms with Crippen molar-refractivity contribution in [3.05, 3.63) is 52.9 Å². The van der Waals surface area contributed by atoms with Crippen molar-refractivity contribution >= 4 is 23.1 Å². The third-order valence-corrected chi connectivity index (χ3v) is 4.28. The van der Waals surface area contributed by atoms with E-state index in [1.54, 1.807) is 12.3 Å². The molecule has 2 heterocycles. The van der Waals surface area contributed by atoms with Crippen molar-refractivity contribution in [1.29, 1.82) is 0 Å². The first-order chi connectivity index (χ1) is 12.6. The monoisotopic (exact) mass is 380 g/mol. The van der Waals surface area contributed by atoms with Gasteiger partial charge in [-0.25, -0.2) is 13.5 Å². The Morgan fingerprint density at radius 3 is 3.00 bits per heavy atom. The van der Waals surface area contributed by atoms with E-state index >= 15 is 0 Å². The Kier molecular flexibility index (Phi) is 5.89. The number of hydrogen-bond donors (Lipinski definition) is 1. The molecule has 0 bridgehead atoms. The van der Waals surface area contributed by atoms with E-state index in [-0.39, 0.29) is 17.3 Å². The van der Waals surface area contributed by atoms with Crippen LogP contribution >= 0.6 is 12.2 Å². The summed E-state index contributed by atoms with van der Waals surface area (Å²) in [6, 6.07) is 0. The van der Waals surface area contributed by atoms with E-state index in [4.69, 9.17) is 21.7 Å². The van der Waals surface area contributed by atoms with Gasteiger partial charge in [0.05, 0.1) is 38.8 Å². The molecule has 1 aromatic rings. The molecule has 0 aromatic carbocycles. The molecule has 0 fully saturated rings. The molecule has 1 aliphatic carbocycles. The quantitative estimate of drug-likeness (QED) is 0.811. The molecule has 26 heavy (non-hydrogen) atoms. The third-order valence-electron chi connectivity index (χ3n) is 3.97. The lowest BCUT2D eigenvalue weighted by atomic mass is 9.97. The predicted molar refractivity (Wildman–Crippen MR) is 96.2 cm³/mol. The molecule has 3 rings (SSSR count). The highest BCUT2D eigenvalue weighted by Crippen LogP contribution is 2.32. The number of nitrogens with one attached hydrogen (secondary N) is 1. The molecule has 138 valence electrons. The van der Waals surface area contributed by atoms with Crippen LogP contribution in [0.4, 0.5) is 8.78 Å². The number of nitrogens with zero attached hydrogens (tertiary/aromatic N) is 3. The molecule has 1 N–H and O–H groups in total. The highest BCUT2D eigenvalue weighted by atomic mass is 32.1. The normalized spacial score (nSPS) is 17.9. The summed E-state index contributed by atoms with van der Waals surface area (Å²) >= 11 is 4.88. The first-order valence-electron chi connectivity index (χ1n) is 8.04. The summed E-state index contributed by atoms with van der Waals surface area (Å²) in [6.07, 6.45) is 6.37. The number of rotatable bonds is 4. The number of ether oxygens (including phenoxy) is 2. The molecule has 0 amide bonds. The Balaban J connectivity index is 1.84. The van der Waals surface area contributed by atoms with Crippen LogP contribution in [0.15, 0.2) is 47.2 Å². The average Bonchev–Trinajstić information content (AvgIpc) is 3.07. The fourth-order valence-electron chi connectivity index (χ4n) is 2.66. The van der Waals surface area contributed by atoms with E-state index in [1.165, 1.54) is 23.9 Å². The van der Waals surface area contributed by atoms with Gasteiger partial charge in [0.1, 0.15) is 17.3 Å². The molecule has 9 heteroatoms. The van der Waals surface area contributed by atoms with Crippen molar-refractivity contribution < 1.29 is 18.3 Å². The Labute approximate surface area is 154 Å². The molecule has 2 aliphatic rings. The van der Waals surface area contributed by atoms with E-state index in [9.17, 15) is 8.78 Å². The topological polar surface area (TPSA) is 61.2 Å². The van der Waals surface area contributed by atoms with Gasteiger partial charge in [-0.2, -0.15) is 0 Å². The lowest BCUT2D eigenvalue weighted by Gasteiger charge is -2.16. The van der Waals surface area contributed by atoms with Crippen LogP contribution in [0.25, 0.3) is 5.70 Å². The number of halogens is 2. The smallest absolute Gasteiger partial charge is 0.256 e. The van der Waals surface area contributed by atoms with Gasteiger partial charge >= 0.3 is 0 Å². The van der Waals surface area contributed by atoms with E-state index < -0.39 is 11.7 Å². The van der Waals surface area contributed by atoms with Crippen molar-refractivity contribution in [2.75, 3.05) is 20.3 Å². The summed E-state index contributed by atoms with van der Waals surface area (Å²) in [4.78, 5) is 0. The lowest BCUT2D eigenvalue weighted by molar-refractivity contribution is 0.155. The van der Waals surface area contributed by atoms with Crippen LogP contribution in [0.1, 0.15) is 18.5 Å². The van der Waals surface area contributed by atoms with Gasteiger partial charge in [-0.1, -0.05) is 11.3 Å². The molecular formula is C17H18F2N4O2S. The van der Waals surface area contributed by atoms with Gasteiger partial charge in [0.15, 0.2) is 0 Å². The van der Waals surface area contributed by atoms with E-state index in [0.717, 1.165) is 5.57 Å². The van der Waals surface area contributed by atoms with Gasteiger partial charge in [-0.15, -0.1) is 5.10 Å². The zero-order chi connectivity index (χ0) is 18.5.